The Labute approximate surface area is 120 Å². The van der Waals surface area contributed by atoms with Crippen molar-refractivity contribution in [3.8, 4) is 0 Å². The molecule has 0 aliphatic heterocycles. The number of nitrogens with two attached hydrogens (primary N) is 1. The largest absolute Gasteiger partial charge is 0.478 e. The highest BCUT2D eigenvalue weighted by molar-refractivity contribution is 5.97. The van der Waals surface area contributed by atoms with Crippen LogP contribution in [0.3, 0.4) is 0 Å². The summed E-state index contributed by atoms with van der Waals surface area (Å²) in [6.45, 7) is 0. The van der Waals surface area contributed by atoms with Crippen molar-refractivity contribution >= 4 is 17.6 Å². The molecule has 2 aromatic carbocycles. The van der Waals surface area contributed by atoms with Gasteiger partial charge >= 0.3 is 5.97 Å². The Morgan fingerprint density at radius 3 is 2.43 bits per heavy atom. The normalized spacial score (nSPS) is 11.7. The monoisotopic (exact) mass is 288 g/mol. The number of amides is 1. The van der Waals surface area contributed by atoms with Crippen LogP contribution in [0.2, 0.25) is 0 Å². The van der Waals surface area contributed by atoms with Crippen molar-refractivity contribution in [2.45, 2.75) is 6.04 Å². The van der Waals surface area contributed by atoms with E-state index in [1.807, 2.05) is 0 Å². The first-order chi connectivity index (χ1) is 9.99. The Morgan fingerprint density at radius 2 is 1.81 bits per heavy atom. The van der Waals surface area contributed by atoms with Gasteiger partial charge in [-0.15, -0.1) is 0 Å². The number of hydrogen-bond acceptors (Lipinski definition) is 3. The maximum atomic E-state index is 13.6. The van der Waals surface area contributed by atoms with Gasteiger partial charge in [-0.25, -0.2) is 9.18 Å². The van der Waals surface area contributed by atoms with Crippen LogP contribution in [0.4, 0.5) is 10.1 Å². The van der Waals surface area contributed by atoms with Crippen molar-refractivity contribution in [2.75, 3.05) is 5.32 Å². The highest BCUT2D eigenvalue weighted by atomic mass is 19.1. The molecular weight excluding hydrogens is 275 g/mol. The number of nitrogens with one attached hydrogen (secondary N) is 1. The standard InChI is InChI=1S/C15H13FN2O3/c16-11-7-6-10(15(20)21)8-12(11)18-14(19)13(17)9-4-2-1-3-5-9/h1-8,13H,17H2,(H,18,19)(H,20,21)/t13-/m1/s1. The lowest BCUT2D eigenvalue weighted by molar-refractivity contribution is -0.117. The fourth-order valence-electron chi connectivity index (χ4n) is 1.78. The molecule has 0 fully saturated rings. The van der Waals surface area contributed by atoms with E-state index in [4.69, 9.17) is 10.8 Å². The van der Waals surface area contributed by atoms with Crippen LogP contribution in [0.5, 0.6) is 0 Å². The van der Waals surface area contributed by atoms with E-state index in [-0.39, 0.29) is 11.3 Å². The minimum absolute atomic E-state index is 0.125. The van der Waals surface area contributed by atoms with Crippen molar-refractivity contribution in [1.82, 2.24) is 0 Å². The Balaban J connectivity index is 2.20. The SMILES string of the molecule is N[C@@H](C(=O)Nc1cc(C(=O)O)ccc1F)c1ccccc1. The zero-order chi connectivity index (χ0) is 15.4. The number of halogens is 1. The molecule has 6 heteroatoms. The van der Waals surface area contributed by atoms with Gasteiger partial charge in [0, 0.05) is 0 Å². The lowest BCUT2D eigenvalue weighted by atomic mass is 10.1. The maximum Gasteiger partial charge on any atom is 0.335 e. The second-order valence-electron chi connectivity index (χ2n) is 4.38. The molecule has 0 aliphatic rings. The van der Waals surface area contributed by atoms with E-state index >= 15 is 0 Å². The number of carboxylic acid groups (broad SMARTS) is 1. The minimum atomic E-state index is -1.21. The van der Waals surface area contributed by atoms with Crippen LogP contribution in [-0.4, -0.2) is 17.0 Å². The van der Waals surface area contributed by atoms with E-state index in [9.17, 15) is 14.0 Å². The first-order valence-corrected chi connectivity index (χ1v) is 6.13. The van der Waals surface area contributed by atoms with Gasteiger partial charge < -0.3 is 16.2 Å². The molecular formula is C15H13FN2O3. The third-order valence-corrected chi connectivity index (χ3v) is 2.91. The third kappa shape index (κ3) is 3.43. The molecule has 5 nitrogen and oxygen atoms in total. The van der Waals surface area contributed by atoms with Crippen molar-refractivity contribution in [2.24, 2.45) is 5.73 Å². The lowest BCUT2D eigenvalue weighted by Crippen LogP contribution is -2.28. The van der Waals surface area contributed by atoms with Gasteiger partial charge in [0.15, 0.2) is 0 Å². The van der Waals surface area contributed by atoms with Crippen LogP contribution in [-0.2, 0) is 4.79 Å². The molecule has 0 saturated heterocycles. The lowest BCUT2D eigenvalue weighted by Gasteiger charge is -2.13. The Kier molecular flexibility index (Phi) is 4.30. The average molecular weight is 288 g/mol. The van der Waals surface area contributed by atoms with E-state index < -0.39 is 23.7 Å². The van der Waals surface area contributed by atoms with Crippen LogP contribution in [0.25, 0.3) is 0 Å². The molecule has 2 rings (SSSR count). The molecule has 0 heterocycles. The summed E-state index contributed by atoms with van der Waals surface area (Å²) in [5.41, 5.74) is 6.02. The number of carbonyl (C=O) groups is 2. The molecule has 4 N–H and O–H groups in total. The number of carboxylic acids is 1. The first-order valence-electron chi connectivity index (χ1n) is 6.13. The summed E-state index contributed by atoms with van der Waals surface area (Å²) in [5.74, 6) is -2.56. The first kappa shape index (κ1) is 14.7. The molecule has 0 saturated carbocycles. The summed E-state index contributed by atoms with van der Waals surface area (Å²) in [4.78, 5) is 22.8. The predicted molar refractivity (Wildman–Crippen MR) is 75.4 cm³/mol. The number of hydrogen-bond donors (Lipinski definition) is 3. The topological polar surface area (TPSA) is 92.4 Å². The Bertz CT molecular complexity index is 674. The molecule has 2 aromatic rings. The number of aromatic carboxylic acids is 1. The van der Waals surface area contributed by atoms with Crippen molar-refractivity contribution in [3.63, 3.8) is 0 Å². The van der Waals surface area contributed by atoms with Gasteiger partial charge in [0.05, 0.1) is 11.3 Å². The van der Waals surface area contributed by atoms with E-state index in [0.29, 0.717) is 5.56 Å². The minimum Gasteiger partial charge on any atom is -0.478 e. The fraction of sp³-hybridized carbons (Fsp3) is 0.0667. The summed E-state index contributed by atoms with van der Waals surface area (Å²) < 4.78 is 13.6. The van der Waals surface area contributed by atoms with E-state index in [1.54, 1.807) is 30.3 Å². The van der Waals surface area contributed by atoms with Gasteiger partial charge in [-0.2, -0.15) is 0 Å². The number of anilines is 1. The summed E-state index contributed by atoms with van der Waals surface area (Å²) in [6.07, 6.45) is 0. The van der Waals surface area contributed by atoms with E-state index in [2.05, 4.69) is 5.32 Å². The van der Waals surface area contributed by atoms with Crippen molar-refractivity contribution in [1.29, 1.82) is 0 Å². The second kappa shape index (κ2) is 6.15. The van der Waals surface area contributed by atoms with Gasteiger partial charge in [-0.3, -0.25) is 4.79 Å². The summed E-state index contributed by atoms with van der Waals surface area (Å²) in [7, 11) is 0. The van der Waals surface area contributed by atoms with E-state index in [1.165, 1.54) is 0 Å². The van der Waals surface area contributed by atoms with Crippen LogP contribution in [0.15, 0.2) is 48.5 Å². The van der Waals surface area contributed by atoms with Crippen molar-refractivity contribution in [3.05, 3.63) is 65.5 Å². The van der Waals surface area contributed by atoms with Gasteiger partial charge in [-0.1, -0.05) is 30.3 Å². The number of rotatable bonds is 4. The zero-order valence-electron chi connectivity index (χ0n) is 10.9. The van der Waals surface area contributed by atoms with Crippen LogP contribution in [0.1, 0.15) is 22.0 Å². The zero-order valence-corrected chi connectivity index (χ0v) is 10.9. The van der Waals surface area contributed by atoms with Crippen LogP contribution >= 0.6 is 0 Å². The second-order valence-corrected chi connectivity index (χ2v) is 4.38. The average Bonchev–Trinajstić information content (AvgIpc) is 2.49. The summed E-state index contributed by atoms with van der Waals surface area (Å²) in [6, 6.07) is 10.8. The van der Waals surface area contributed by atoms with Gasteiger partial charge in [0.25, 0.3) is 0 Å². The molecule has 108 valence electrons. The van der Waals surface area contributed by atoms with Gasteiger partial charge in [0.2, 0.25) is 5.91 Å². The molecule has 1 amide bonds. The molecule has 1 atom stereocenters. The molecule has 0 radical (unpaired) electrons. The molecule has 21 heavy (non-hydrogen) atoms. The molecule has 0 unspecified atom stereocenters. The highest BCUT2D eigenvalue weighted by Gasteiger charge is 2.18. The highest BCUT2D eigenvalue weighted by Crippen LogP contribution is 2.18. The number of benzene rings is 2. The van der Waals surface area contributed by atoms with Crippen LogP contribution in [0, 0.1) is 5.82 Å². The maximum absolute atomic E-state index is 13.6. The van der Waals surface area contributed by atoms with Gasteiger partial charge in [0.1, 0.15) is 11.9 Å². The van der Waals surface area contributed by atoms with Crippen molar-refractivity contribution < 1.29 is 19.1 Å². The summed E-state index contributed by atoms with van der Waals surface area (Å²) in [5, 5.41) is 11.2. The molecule has 0 bridgehead atoms. The smallest absolute Gasteiger partial charge is 0.335 e. The summed E-state index contributed by atoms with van der Waals surface area (Å²) >= 11 is 0. The third-order valence-electron chi connectivity index (χ3n) is 2.91. The number of carbonyl (C=O) groups excluding carboxylic acids is 1. The molecule has 0 aliphatic carbocycles. The van der Waals surface area contributed by atoms with Crippen LogP contribution < -0.4 is 11.1 Å². The Morgan fingerprint density at radius 1 is 1.14 bits per heavy atom. The Hall–Kier alpha value is -2.73. The molecule has 0 spiro atoms. The van der Waals surface area contributed by atoms with E-state index in [0.717, 1.165) is 18.2 Å². The van der Waals surface area contributed by atoms with Gasteiger partial charge in [-0.05, 0) is 23.8 Å². The predicted octanol–water partition coefficient (Wildman–Crippen LogP) is 2.16. The molecule has 0 aromatic heterocycles. The quantitative estimate of drug-likeness (QED) is 0.803. The fourth-order valence-corrected chi connectivity index (χ4v) is 1.78.